The number of aromatic hydroxyl groups is 1. The molecule has 2 atom stereocenters. The summed E-state index contributed by atoms with van der Waals surface area (Å²) in [6.07, 6.45) is 2.08. The molecule has 0 spiro atoms. The topological polar surface area (TPSA) is 94.9 Å². The highest BCUT2D eigenvalue weighted by Crippen LogP contribution is 2.36. The van der Waals surface area contributed by atoms with Gasteiger partial charge in [-0.3, -0.25) is 19.3 Å². The van der Waals surface area contributed by atoms with Gasteiger partial charge in [0.05, 0.1) is 6.54 Å². The van der Waals surface area contributed by atoms with E-state index in [1.807, 2.05) is 6.92 Å². The lowest BCUT2D eigenvalue weighted by Gasteiger charge is -2.51. The Morgan fingerprint density at radius 1 is 1.28 bits per heavy atom. The number of halogens is 2. The second-order valence-corrected chi connectivity index (χ2v) is 10.5. The average molecular weight is 503 g/mol. The van der Waals surface area contributed by atoms with Gasteiger partial charge in [0.15, 0.2) is 11.4 Å². The molecule has 2 N–H and O–H groups in total. The first-order chi connectivity index (χ1) is 16.9. The van der Waals surface area contributed by atoms with Gasteiger partial charge in [-0.1, -0.05) is 26.8 Å². The van der Waals surface area contributed by atoms with Crippen LogP contribution in [0.3, 0.4) is 0 Å². The molecule has 2 aliphatic rings. The van der Waals surface area contributed by atoms with E-state index in [2.05, 4.69) is 31.0 Å². The molecule has 36 heavy (non-hydrogen) atoms. The van der Waals surface area contributed by atoms with E-state index in [-0.39, 0.29) is 29.9 Å². The van der Waals surface area contributed by atoms with Crippen LogP contribution in [0.5, 0.6) is 5.75 Å². The zero-order valence-electron chi connectivity index (χ0n) is 21.0. The van der Waals surface area contributed by atoms with Crippen molar-refractivity contribution in [1.29, 1.82) is 0 Å². The van der Waals surface area contributed by atoms with Gasteiger partial charge in [0.25, 0.3) is 11.8 Å². The Balaban J connectivity index is 1.69. The monoisotopic (exact) mass is 502 g/mol. The first-order valence-electron chi connectivity index (χ1n) is 12.2. The largest absolute Gasteiger partial charge is 0.503 e. The van der Waals surface area contributed by atoms with Crippen LogP contribution in [0.4, 0.5) is 8.78 Å². The van der Waals surface area contributed by atoms with E-state index >= 15 is 0 Å². The van der Waals surface area contributed by atoms with Gasteiger partial charge in [0, 0.05) is 44.0 Å². The van der Waals surface area contributed by atoms with E-state index in [9.17, 15) is 28.3 Å². The fraction of sp³-hybridized carbons (Fsp3) is 0.500. The number of hydrogen-bond acceptors (Lipinski definition) is 5. The number of carbonyl (C=O) groups excluding carboxylic acids is 2. The number of aromatic nitrogens is 1. The Morgan fingerprint density at radius 2 is 2.00 bits per heavy atom. The highest BCUT2D eigenvalue weighted by Gasteiger charge is 2.48. The summed E-state index contributed by atoms with van der Waals surface area (Å²) in [5.74, 6) is -2.94. The Bertz CT molecular complexity index is 1260. The van der Waals surface area contributed by atoms with Gasteiger partial charge in [-0.05, 0) is 31.2 Å². The fourth-order valence-electron chi connectivity index (χ4n) is 5.19. The standard InChI is InChI=1S/C26H32F2N4O4/c1-15(2)11-31-12-16(3)7-8-32-25(36)21-23(34)22(33)19(13-30(21)14-26(31,32)4)24(35)29-10-17-5-6-18(27)9-20(17)28/h5-6,9,13,15-16,34H,7-8,10-12,14H2,1-4H3,(H,29,35)/t16-,26?/m1/s1. The van der Waals surface area contributed by atoms with Crippen molar-refractivity contribution in [3.63, 3.8) is 0 Å². The number of nitrogens with zero attached hydrogens (tertiary/aromatic N) is 3. The third kappa shape index (κ3) is 4.61. The highest BCUT2D eigenvalue weighted by atomic mass is 19.1. The summed E-state index contributed by atoms with van der Waals surface area (Å²) >= 11 is 0. The predicted octanol–water partition coefficient (Wildman–Crippen LogP) is 2.93. The normalized spacial score (nSPS) is 22.2. The van der Waals surface area contributed by atoms with Gasteiger partial charge in [0.1, 0.15) is 22.9 Å². The van der Waals surface area contributed by atoms with Crippen LogP contribution >= 0.6 is 0 Å². The quantitative estimate of drug-likeness (QED) is 0.656. The fourth-order valence-corrected chi connectivity index (χ4v) is 5.19. The first-order valence-corrected chi connectivity index (χ1v) is 12.2. The summed E-state index contributed by atoms with van der Waals surface area (Å²) in [4.78, 5) is 43.3. The third-order valence-corrected chi connectivity index (χ3v) is 7.10. The summed E-state index contributed by atoms with van der Waals surface area (Å²) in [5.41, 5.74) is -2.15. The Kier molecular flexibility index (Phi) is 6.92. The van der Waals surface area contributed by atoms with Crippen LogP contribution in [0.25, 0.3) is 0 Å². The van der Waals surface area contributed by atoms with E-state index in [4.69, 9.17) is 0 Å². The van der Waals surface area contributed by atoms with Gasteiger partial charge >= 0.3 is 0 Å². The minimum absolute atomic E-state index is 0.0438. The van der Waals surface area contributed by atoms with Crippen molar-refractivity contribution in [3.05, 3.63) is 63.1 Å². The maximum Gasteiger partial charge on any atom is 0.276 e. The number of pyridine rings is 1. The highest BCUT2D eigenvalue weighted by molar-refractivity contribution is 5.99. The van der Waals surface area contributed by atoms with Gasteiger partial charge < -0.3 is 19.9 Å². The molecule has 2 aliphatic heterocycles. The Morgan fingerprint density at radius 3 is 2.67 bits per heavy atom. The molecule has 1 fully saturated rings. The molecule has 2 amide bonds. The molecular formula is C26H32F2N4O4. The van der Waals surface area contributed by atoms with Crippen molar-refractivity contribution >= 4 is 11.8 Å². The van der Waals surface area contributed by atoms with Gasteiger partial charge in [-0.2, -0.15) is 0 Å². The van der Waals surface area contributed by atoms with Crippen LogP contribution in [-0.4, -0.2) is 56.6 Å². The number of fused-ring (bicyclic) bond motifs is 2. The molecule has 3 heterocycles. The molecule has 1 saturated heterocycles. The molecule has 0 radical (unpaired) electrons. The number of amides is 2. The lowest BCUT2D eigenvalue weighted by atomic mass is 10.00. The smallest absolute Gasteiger partial charge is 0.276 e. The van der Waals surface area contributed by atoms with Crippen molar-refractivity contribution in [1.82, 2.24) is 19.7 Å². The Labute approximate surface area is 208 Å². The van der Waals surface area contributed by atoms with Crippen molar-refractivity contribution in [3.8, 4) is 5.75 Å². The van der Waals surface area contributed by atoms with E-state index in [0.29, 0.717) is 24.4 Å². The molecule has 4 rings (SSSR count). The summed E-state index contributed by atoms with van der Waals surface area (Å²) in [7, 11) is 0. The second kappa shape index (κ2) is 9.65. The predicted molar refractivity (Wildman–Crippen MR) is 130 cm³/mol. The summed E-state index contributed by atoms with van der Waals surface area (Å²) < 4.78 is 28.6. The van der Waals surface area contributed by atoms with Gasteiger partial charge in [0.2, 0.25) is 5.43 Å². The molecule has 1 aromatic carbocycles. The first kappa shape index (κ1) is 25.8. The lowest BCUT2D eigenvalue weighted by molar-refractivity contribution is -0.0484. The molecule has 2 aromatic rings. The summed E-state index contributed by atoms with van der Waals surface area (Å²) in [6.45, 7) is 10.3. The van der Waals surface area contributed by atoms with E-state index < -0.39 is 40.3 Å². The van der Waals surface area contributed by atoms with Crippen LogP contribution in [0.2, 0.25) is 0 Å². The molecule has 0 aliphatic carbocycles. The minimum atomic E-state index is -0.975. The van der Waals surface area contributed by atoms with Crippen molar-refractivity contribution in [2.75, 3.05) is 19.6 Å². The number of nitrogens with one attached hydrogen (secondary N) is 1. The van der Waals surface area contributed by atoms with Crippen LogP contribution in [0.15, 0.2) is 29.2 Å². The van der Waals surface area contributed by atoms with Crippen LogP contribution < -0.4 is 10.7 Å². The molecular weight excluding hydrogens is 470 g/mol. The van der Waals surface area contributed by atoms with E-state index in [1.165, 1.54) is 16.8 Å². The molecule has 8 nitrogen and oxygen atoms in total. The van der Waals surface area contributed by atoms with Crippen molar-refractivity contribution < 1.29 is 23.5 Å². The molecule has 0 saturated carbocycles. The van der Waals surface area contributed by atoms with E-state index in [1.54, 1.807) is 4.90 Å². The average Bonchev–Trinajstić information content (AvgIpc) is 2.91. The molecule has 1 aromatic heterocycles. The molecule has 194 valence electrons. The minimum Gasteiger partial charge on any atom is -0.503 e. The number of rotatable bonds is 5. The van der Waals surface area contributed by atoms with Crippen molar-refractivity contribution in [2.24, 2.45) is 11.8 Å². The van der Waals surface area contributed by atoms with Crippen LogP contribution in [-0.2, 0) is 13.1 Å². The van der Waals surface area contributed by atoms with Crippen molar-refractivity contribution in [2.45, 2.75) is 52.9 Å². The SMILES string of the molecule is CC(C)CN1C[C@H](C)CCN2C(=O)c3c(O)c(=O)c(C(=O)NCc4ccc(F)cc4F)cn3CC12C. The molecule has 10 heteroatoms. The van der Waals surface area contributed by atoms with Crippen LogP contribution in [0, 0.1) is 23.5 Å². The van der Waals surface area contributed by atoms with E-state index in [0.717, 1.165) is 25.6 Å². The maximum atomic E-state index is 14.0. The van der Waals surface area contributed by atoms with Crippen LogP contribution in [0.1, 0.15) is 60.5 Å². The maximum absolute atomic E-state index is 14.0. The Hall–Kier alpha value is -3.27. The zero-order valence-corrected chi connectivity index (χ0v) is 21.0. The lowest BCUT2D eigenvalue weighted by Crippen LogP contribution is -2.65. The number of carbonyl (C=O) groups is 2. The number of benzene rings is 1. The number of hydrogen-bond donors (Lipinski definition) is 2. The summed E-state index contributed by atoms with van der Waals surface area (Å²) in [5, 5.41) is 13.2. The zero-order chi connectivity index (χ0) is 26.4. The van der Waals surface area contributed by atoms with Gasteiger partial charge in [-0.15, -0.1) is 0 Å². The van der Waals surface area contributed by atoms with Gasteiger partial charge in [-0.25, -0.2) is 8.78 Å². The molecule has 1 unspecified atom stereocenters. The second-order valence-electron chi connectivity index (χ2n) is 10.5. The third-order valence-electron chi connectivity index (χ3n) is 7.10. The summed E-state index contributed by atoms with van der Waals surface area (Å²) in [6, 6.07) is 2.97. The molecule has 0 bridgehead atoms.